The molecule has 4 N–H and O–H groups in total. The van der Waals surface area contributed by atoms with Crippen molar-refractivity contribution in [2.75, 3.05) is 13.1 Å². The number of aliphatic imine (C=N–C) groups is 1. The van der Waals surface area contributed by atoms with Crippen LogP contribution in [0.4, 0.5) is 0 Å². The minimum atomic E-state index is -1.12. The SMILES string of the molecule is CCNC(N)=NCC(C)(O)c1ccco1.I. The molecular formula is C10H18IN3O2. The molecule has 0 fully saturated rings. The first-order chi connectivity index (χ1) is 7.06. The molecule has 0 aliphatic rings. The van der Waals surface area contributed by atoms with Gasteiger partial charge in [-0.3, -0.25) is 0 Å². The molecule has 6 heteroatoms. The Labute approximate surface area is 112 Å². The summed E-state index contributed by atoms with van der Waals surface area (Å²) in [5.41, 5.74) is 4.42. The van der Waals surface area contributed by atoms with E-state index in [1.54, 1.807) is 19.1 Å². The Kier molecular flexibility index (Phi) is 6.42. The van der Waals surface area contributed by atoms with E-state index in [-0.39, 0.29) is 30.5 Å². The lowest BCUT2D eigenvalue weighted by molar-refractivity contribution is 0.0437. The predicted molar refractivity (Wildman–Crippen MR) is 73.9 cm³/mol. The van der Waals surface area contributed by atoms with Crippen LogP contribution in [0.2, 0.25) is 0 Å². The van der Waals surface area contributed by atoms with E-state index in [2.05, 4.69) is 10.3 Å². The van der Waals surface area contributed by atoms with Gasteiger partial charge in [0.1, 0.15) is 11.4 Å². The molecule has 16 heavy (non-hydrogen) atoms. The van der Waals surface area contributed by atoms with Crippen molar-refractivity contribution in [1.82, 2.24) is 5.32 Å². The minimum Gasteiger partial charge on any atom is -0.466 e. The number of hydrogen-bond donors (Lipinski definition) is 3. The monoisotopic (exact) mass is 339 g/mol. The first-order valence-corrected chi connectivity index (χ1v) is 4.86. The highest BCUT2D eigenvalue weighted by molar-refractivity contribution is 14.0. The predicted octanol–water partition coefficient (Wildman–Crippen LogP) is 1.03. The zero-order valence-corrected chi connectivity index (χ0v) is 11.8. The third kappa shape index (κ3) is 4.40. The van der Waals surface area contributed by atoms with Crippen LogP contribution < -0.4 is 11.1 Å². The van der Waals surface area contributed by atoms with Crippen LogP contribution in [-0.4, -0.2) is 24.2 Å². The van der Waals surface area contributed by atoms with Crippen molar-refractivity contribution in [1.29, 1.82) is 0 Å². The molecule has 0 spiro atoms. The Balaban J connectivity index is 0.00000225. The molecule has 1 aromatic rings. The van der Waals surface area contributed by atoms with Crippen molar-refractivity contribution in [2.24, 2.45) is 10.7 Å². The average Bonchev–Trinajstić information content (AvgIpc) is 2.69. The van der Waals surface area contributed by atoms with Gasteiger partial charge in [-0.2, -0.15) is 0 Å². The summed E-state index contributed by atoms with van der Waals surface area (Å²) in [6, 6.07) is 3.43. The fourth-order valence-corrected chi connectivity index (χ4v) is 1.14. The first-order valence-electron chi connectivity index (χ1n) is 4.86. The number of hydrogen-bond acceptors (Lipinski definition) is 3. The molecule has 0 saturated carbocycles. The van der Waals surface area contributed by atoms with Crippen LogP contribution in [-0.2, 0) is 5.60 Å². The van der Waals surface area contributed by atoms with E-state index in [4.69, 9.17) is 10.2 Å². The van der Waals surface area contributed by atoms with Crippen LogP contribution in [0.3, 0.4) is 0 Å². The maximum atomic E-state index is 10.0. The molecule has 1 rings (SSSR count). The Morgan fingerprint density at radius 1 is 1.69 bits per heavy atom. The van der Waals surface area contributed by atoms with E-state index in [0.717, 1.165) is 0 Å². The lowest BCUT2D eigenvalue weighted by Gasteiger charge is -2.18. The van der Waals surface area contributed by atoms with Crippen molar-refractivity contribution in [3.05, 3.63) is 24.2 Å². The summed E-state index contributed by atoms with van der Waals surface area (Å²) in [6.45, 7) is 4.43. The van der Waals surface area contributed by atoms with Gasteiger partial charge in [0, 0.05) is 6.54 Å². The largest absolute Gasteiger partial charge is 0.466 e. The molecule has 0 aliphatic heterocycles. The molecule has 0 saturated heterocycles. The quantitative estimate of drug-likeness (QED) is 0.435. The zero-order valence-electron chi connectivity index (χ0n) is 9.43. The Morgan fingerprint density at radius 3 is 2.88 bits per heavy atom. The molecule has 0 aliphatic carbocycles. The summed E-state index contributed by atoms with van der Waals surface area (Å²) in [6.07, 6.45) is 1.52. The lowest BCUT2D eigenvalue weighted by Crippen LogP contribution is -2.34. The van der Waals surface area contributed by atoms with Gasteiger partial charge < -0.3 is 20.6 Å². The third-order valence-electron chi connectivity index (χ3n) is 1.97. The number of aliphatic hydroxyl groups is 1. The van der Waals surface area contributed by atoms with Gasteiger partial charge in [-0.05, 0) is 26.0 Å². The highest BCUT2D eigenvalue weighted by atomic mass is 127. The van der Waals surface area contributed by atoms with Gasteiger partial charge in [-0.15, -0.1) is 24.0 Å². The van der Waals surface area contributed by atoms with E-state index in [1.807, 2.05) is 6.92 Å². The van der Waals surface area contributed by atoms with Crippen molar-refractivity contribution in [2.45, 2.75) is 19.4 Å². The Hall–Kier alpha value is -0.760. The molecule has 5 nitrogen and oxygen atoms in total. The molecule has 1 aromatic heterocycles. The topological polar surface area (TPSA) is 83.8 Å². The first kappa shape index (κ1) is 15.2. The second-order valence-corrected chi connectivity index (χ2v) is 3.48. The number of furan rings is 1. The van der Waals surface area contributed by atoms with Crippen LogP contribution in [0.1, 0.15) is 19.6 Å². The van der Waals surface area contributed by atoms with Crippen LogP contribution in [0.15, 0.2) is 27.8 Å². The lowest BCUT2D eigenvalue weighted by atomic mass is 10.0. The molecule has 1 unspecified atom stereocenters. The van der Waals surface area contributed by atoms with Crippen molar-refractivity contribution in [3.8, 4) is 0 Å². The maximum absolute atomic E-state index is 10.0. The molecule has 1 atom stereocenters. The van der Waals surface area contributed by atoms with Gasteiger partial charge in [-0.1, -0.05) is 0 Å². The molecule has 0 aromatic carbocycles. The van der Waals surface area contributed by atoms with Crippen molar-refractivity contribution >= 4 is 29.9 Å². The zero-order chi connectivity index (χ0) is 11.3. The molecule has 0 bridgehead atoms. The Bertz CT molecular complexity index is 323. The normalized spacial score (nSPS) is 15.1. The number of nitrogens with zero attached hydrogens (tertiary/aromatic N) is 1. The number of nitrogens with one attached hydrogen (secondary N) is 1. The van der Waals surface area contributed by atoms with Gasteiger partial charge in [0.05, 0.1) is 12.8 Å². The second-order valence-electron chi connectivity index (χ2n) is 3.48. The van der Waals surface area contributed by atoms with Gasteiger partial charge in [0.2, 0.25) is 0 Å². The summed E-state index contributed by atoms with van der Waals surface area (Å²) < 4.78 is 5.11. The molecule has 92 valence electrons. The fraction of sp³-hybridized carbons (Fsp3) is 0.500. The molecule has 0 amide bonds. The number of nitrogens with two attached hydrogens (primary N) is 1. The third-order valence-corrected chi connectivity index (χ3v) is 1.97. The number of guanidine groups is 1. The smallest absolute Gasteiger partial charge is 0.188 e. The number of rotatable bonds is 4. The highest BCUT2D eigenvalue weighted by Gasteiger charge is 2.25. The fourth-order valence-electron chi connectivity index (χ4n) is 1.14. The summed E-state index contributed by atoms with van der Waals surface area (Å²) >= 11 is 0. The second kappa shape index (κ2) is 6.74. The summed E-state index contributed by atoms with van der Waals surface area (Å²) in [5.74, 6) is 0.805. The summed E-state index contributed by atoms with van der Waals surface area (Å²) in [7, 11) is 0. The molecular weight excluding hydrogens is 321 g/mol. The van der Waals surface area contributed by atoms with Gasteiger partial charge in [-0.25, -0.2) is 4.99 Å². The standard InChI is InChI=1S/C10H17N3O2.HI/c1-3-12-9(11)13-7-10(2,14)8-5-4-6-15-8;/h4-6,14H,3,7H2,1-2H3,(H3,11,12,13);1H. The molecule has 1 heterocycles. The van der Waals surface area contributed by atoms with Gasteiger partial charge in [0.15, 0.2) is 5.96 Å². The Morgan fingerprint density at radius 2 is 2.38 bits per heavy atom. The maximum Gasteiger partial charge on any atom is 0.188 e. The van der Waals surface area contributed by atoms with E-state index in [1.165, 1.54) is 6.26 Å². The highest BCUT2D eigenvalue weighted by Crippen LogP contribution is 2.20. The van der Waals surface area contributed by atoms with Crippen LogP contribution in [0, 0.1) is 0 Å². The minimum absolute atomic E-state index is 0. The van der Waals surface area contributed by atoms with E-state index in [0.29, 0.717) is 18.3 Å². The van der Waals surface area contributed by atoms with Crippen LogP contribution in [0.25, 0.3) is 0 Å². The molecule has 0 radical (unpaired) electrons. The van der Waals surface area contributed by atoms with Crippen molar-refractivity contribution in [3.63, 3.8) is 0 Å². The van der Waals surface area contributed by atoms with E-state index >= 15 is 0 Å². The van der Waals surface area contributed by atoms with Crippen LogP contribution >= 0.6 is 24.0 Å². The van der Waals surface area contributed by atoms with Crippen LogP contribution in [0.5, 0.6) is 0 Å². The summed E-state index contributed by atoms with van der Waals surface area (Å²) in [4.78, 5) is 4.01. The van der Waals surface area contributed by atoms with E-state index < -0.39 is 5.60 Å². The number of halogens is 1. The van der Waals surface area contributed by atoms with Gasteiger partial charge in [0.25, 0.3) is 0 Å². The van der Waals surface area contributed by atoms with Crippen molar-refractivity contribution < 1.29 is 9.52 Å². The van der Waals surface area contributed by atoms with Gasteiger partial charge >= 0.3 is 0 Å². The average molecular weight is 339 g/mol. The van der Waals surface area contributed by atoms with E-state index in [9.17, 15) is 5.11 Å². The summed E-state index contributed by atoms with van der Waals surface area (Å²) in [5, 5.41) is 12.9.